The fourth-order valence-corrected chi connectivity index (χ4v) is 1.61. The molecule has 0 unspecified atom stereocenters. The van der Waals surface area contributed by atoms with E-state index in [1.54, 1.807) is 0 Å². The topological polar surface area (TPSA) is 36.7 Å². The highest BCUT2D eigenvalue weighted by molar-refractivity contribution is 14.1. The van der Waals surface area contributed by atoms with Crippen LogP contribution < -0.4 is 0 Å². The summed E-state index contributed by atoms with van der Waals surface area (Å²) in [5.74, 6) is 0. The molecular weight excluding hydrogens is 346 g/mol. The molecular formula is C8H2F5IN2. The summed E-state index contributed by atoms with van der Waals surface area (Å²) in [5, 5.41) is 8.50. The highest BCUT2D eigenvalue weighted by Crippen LogP contribution is 2.37. The van der Waals surface area contributed by atoms with Crippen LogP contribution in [0.5, 0.6) is 0 Å². The summed E-state index contributed by atoms with van der Waals surface area (Å²) in [6.07, 6.45) is -8.39. The van der Waals surface area contributed by atoms with E-state index in [-0.39, 0.29) is 3.70 Å². The van der Waals surface area contributed by atoms with Gasteiger partial charge in [-0.05, 0) is 28.7 Å². The molecule has 0 aliphatic carbocycles. The van der Waals surface area contributed by atoms with Crippen molar-refractivity contribution < 1.29 is 22.0 Å². The Kier molecular flexibility index (Phi) is 3.67. The van der Waals surface area contributed by atoms with Gasteiger partial charge in [0.1, 0.15) is 3.70 Å². The molecule has 0 aromatic carbocycles. The van der Waals surface area contributed by atoms with Crippen molar-refractivity contribution in [3.05, 3.63) is 26.6 Å². The summed E-state index contributed by atoms with van der Waals surface area (Å²) in [6, 6.07) is 2.19. The third-order valence-corrected chi connectivity index (χ3v) is 2.19. The van der Waals surface area contributed by atoms with Crippen LogP contribution in [0.3, 0.4) is 0 Å². The van der Waals surface area contributed by atoms with E-state index in [0.717, 1.165) is 6.07 Å². The Bertz CT molecular complexity index is 449. The molecule has 0 fully saturated rings. The van der Waals surface area contributed by atoms with Gasteiger partial charge in [0.2, 0.25) is 0 Å². The summed E-state index contributed by atoms with van der Waals surface area (Å²) in [4.78, 5) is 3.00. The highest BCUT2D eigenvalue weighted by Gasteiger charge is 2.39. The van der Waals surface area contributed by atoms with E-state index >= 15 is 0 Å². The quantitative estimate of drug-likeness (QED) is 0.443. The number of nitriles is 1. The van der Waals surface area contributed by atoms with Gasteiger partial charge in [-0.25, -0.2) is 13.8 Å². The van der Waals surface area contributed by atoms with E-state index < -0.39 is 29.4 Å². The number of hydrogen-bond donors (Lipinski definition) is 0. The maximum atomic E-state index is 12.4. The summed E-state index contributed by atoms with van der Waals surface area (Å²) >= 11 is 1.43. The first-order valence-electron chi connectivity index (χ1n) is 3.73. The SMILES string of the molecule is N#Cc1cc(I)nc(C(F)(F)F)c1C(F)F. The molecule has 0 bridgehead atoms. The van der Waals surface area contributed by atoms with Crippen LogP contribution in [0.1, 0.15) is 23.2 Å². The summed E-state index contributed by atoms with van der Waals surface area (Å²) in [5.41, 5.74) is -3.77. The van der Waals surface area contributed by atoms with Crippen molar-refractivity contribution in [1.29, 1.82) is 5.26 Å². The molecule has 0 saturated heterocycles. The Morgan fingerprint density at radius 3 is 2.31 bits per heavy atom. The summed E-state index contributed by atoms with van der Waals surface area (Å²) in [6.45, 7) is 0. The number of halogens is 6. The minimum absolute atomic E-state index is 0.161. The molecule has 8 heteroatoms. The fraction of sp³-hybridized carbons (Fsp3) is 0.250. The number of pyridine rings is 1. The average Bonchev–Trinajstić information content (AvgIpc) is 2.14. The second-order valence-electron chi connectivity index (χ2n) is 2.67. The Morgan fingerprint density at radius 1 is 1.38 bits per heavy atom. The van der Waals surface area contributed by atoms with Gasteiger partial charge in [-0.1, -0.05) is 0 Å². The molecule has 0 aliphatic heterocycles. The lowest BCUT2D eigenvalue weighted by atomic mass is 10.1. The van der Waals surface area contributed by atoms with Crippen molar-refractivity contribution in [2.45, 2.75) is 12.6 Å². The summed E-state index contributed by atoms with van der Waals surface area (Å²) < 4.78 is 61.9. The molecule has 1 heterocycles. The van der Waals surface area contributed by atoms with E-state index in [0.29, 0.717) is 0 Å². The van der Waals surface area contributed by atoms with Crippen LogP contribution in [0, 0.1) is 15.0 Å². The predicted octanol–water partition coefficient (Wildman–Crippen LogP) is 3.51. The standard InChI is InChI=1S/C8H2F5IN2/c9-7(10)5-3(2-15)1-4(14)16-6(5)8(11,12)13/h1,7H. The molecule has 0 amide bonds. The maximum absolute atomic E-state index is 12.4. The van der Waals surface area contributed by atoms with Crippen molar-refractivity contribution in [2.75, 3.05) is 0 Å². The molecule has 1 aromatic rings. The molecule has 86 valence electrons. The van der Waals surface area contributed by atoms with E-state index in [9.17, 15) is 22.0 Å². The van der Waals surface area contributed by atoms with Gasteiger partial charge in [-0.15, -0.1) is 0 Å². The first kappa shape index (κ1) is 13.1. The van der Waals surface area contributed by atoms with Crippen molar-refractivity contribution in [2.24, 2.45) is 0 Å². The van der Waals surface area contributed by atoms with Gasteiger partial charge in [0, 0.05) is 0 Å². The van der Waals surface area contributed by atoms with Crippen molar-refractivity contribution in [3.63, 3.8) is 0 Å². The number of hydrogen-bond acceptors (Lipinski definition) is 2. The molecule has 0 radical (unpaired) electrons. The molecule has 1 rings (SSSR count). The van der Waals surface area contributed by atoms with Crippen LogP contribution in [0.2, 0.25) is 0 Å². The van der Waals surface area contributed by atoms with Crippen molar-refractivity contribution in [3.8, 4) is 6.07 Å². The fourth-order valence-electron chi connectivity index (χ4n) is 1.05. The zero-order valence-electron chi connectivity index (χ0n) is 7.32. The van der Waals surface area contributed by atoms with Gasteiger partial charge >= 0.3 is 6.18 Å². The van der Waals surface area contributed by atoms with Crippen LogP contribution in [0.25, 0.3) is 0 Å². The third kappa shape index (κ3) is 2.58. The van der Waals surface area contributed by atoms with Crippen LogP contribution in [0.4, 0.5) is 22.0 Å². The molecule has 0 atom stereocenters. The van der Waals surface area contributed by atoms with Crippen molar-refractivity contribution in [1.82, 2.24) is 4.98 Å². The molecule has 0 aliphatic rings. The van der Waals surface area contributed by atoms with E-state index in [2.05, 4.69) is 4.98 Å². The van der Waals surface area contributed by atoms with Crippen LogP contribution in [0.15, 0.2) is 6.07 Å². The molecule has 16 heavy (non-hydrogen) atoms. The number of alkyl halides is 5. The second-order valence-corrected chi connectivity index (χ2v) is 3.77. The minimum Gasteiger partial charge on any atom is -0.237 e. The van der Waals surface area contributed by atoms with E-state index in [1.807, 2.05) is 0 Å². The Labute approximate surface area is 100 Å². The van der Waals surface area contributed by atoms with Gasteiger partial charge in [0.05, 0.1) is 17.2 Å². The normalized spacial score (nSPS) is 11.6. The first-order valence-corrected chi connectivity index (χ1v) is 4.81. The largest absolute Gasteiger partial charge is 0.433 e. The average molecular weight is 348 g/mol. The van der Waals surface area contributed by atoms with Crippen molar-refractivity contribution >= 4 is 22.6 Å². The summed E-state index contributed by atoms with van der Waals surface area (Å²) in [7, 11) is 0. The van der Waals surface area contributed by atoms with E-state index in [1.165, 1.54) is 28.7 Å². The highest BCUT2D eigenvalue weighted by atomic mass is 127. The van der Waals surface area contributed by atoms with Gasteiger partial charge in [-0.3, -0.25) is 0 Å². The molecule has 0 N–H and O–H groups in total. The first-order chi connectivity index (χ1) is 7.27. The molecule has 2 nitrogen and oxygen atoms in total. The minimum atomic E-state index is -5.00. The molecule has 1 aromatic heterocycles. The maximum Gasteiger partial charge on any atom is 0.433 e. The molecule has 0 saturated carbocycles. The smallest absolute Gasteiger partial charge is 0.237 e. The second kappa shape index (κ2) is 4.48. The number of nitrogens with zero attached hydrogens (tertiary/aromatic N) is 2. The molecule has 0 spiro atoms. The number of aromatic nitrogens is 1. The Morgan fingerprint density at radius 2 is 1.94 bits per heavy atom. The Balaban J connectivity index is 3.59. The van der Waals surface area contributed by atoms with Gasteiger partial charge in [-0.2, -0.15) is 18.4 Å². The van der Waals surface area contributed by atoms with Gasteiger partial charge in [0.25, 0.3) is 6.43 Å². The monoisotopic (exact) mass is 348 g/mol. The lowest BCUT2D eigenvalue weighted by molar-refractivity contribution is -0.143. The zero-order valence-corrected chi connectivity index (χ0v) is 9.47. The predicted molar refractivity (Wildman–Crippen MR) is 51.6 cm³/mol. The lowest BCUT2D eigenvalue weighted by Gasteiger charge is -2.12. The van der Waals surface area contributed by atoms with E-state index in [4.69, 9.17) is 5.26 Å². The van der Waals surface area contributed by atoms with Crippen LogP contribution in [-0.2, 0) is 6.18 Å². The Hall–Kier alpha value is -0.980. The number of rotatable bonds is 1. The van der Waals surface area contributed by atoms with Crippen LogP contribution >= 0.6 is 22.6 Å². The third-order valence-electron chi connectivity index (χ3n) is 1.63. The zero-order chi connectivity index (χ0) is 12.5. The van der Waals surface area contributed by atoms with Crippen LogP contribution in [-0.4, -0.2) is 4.98 Å². The van der Waals surface area contributed by atoms with Gasteiger partial charge < -0.3 is 0 Å². The lowest BCUT2D eigenvalue weighted by Crippen LogP contribution is -2.15. The van der Waals surface area contributed by atoms with Gasteiger partial charge in [0.15, 0.2) is 5.69 Å².